The van der Waals surface area contributed by atoms with Gasteiger partial charge < -0.3 is 4.74 Å². The van der Waals surface area contributed by atoms with E-state index in [9.17, 15) is 13.6 Å². The van der Waals surface area contributed by atoms with Crippen molar-refractivity contribution in [3.05, 3.63) is 80.8 Å². The SMILES string of the molecule is Cc1nc2c(-c3ccc(F)cc3F)nc(C3C[C@H](C)O[C@@H](c4cnn(C)c4)C3)cn2c(=O)c1Cl. The molecule has 1 aliphatic heterocycles. The Kier molecular flexibility index (Phi) is 5.69. The number of rotatable bonds is 3. The second-order valence-corrected chi connectivity index (χ2v) is 9.08. The van der Waals surface area contributed by atoms with Crippen LogP contribution < -0.4 is 5.56 Å². The molecule has 5 rings (SSSR count). The number of ether oxygens (including phenoxy) is 1. The smallest absolute Gasteiger partial charge is 0.277 e. The van der Waals surface area contributed by atoms with Gasteiger partial charge in [-0.3, -0.25) is 13.9 Å². The Labute approximate surface area is 199 Å². The summed E-state index contributed by atoms with van der Waals surface area (Å²) >= 11 is 6.20. The minimum Gasteiger partial charge on any atom is -0.370 e. The normalized spacial score (nSPS) is 20.7. The van der Waals surface area contributed by atoms with Crippen LogP contribution in [0.4, 0.5) is 8.78 Å². The van der Waals surface area contributed by atoms with Gasteiger partial charge in [-0.05, 0) is 38.8 Å². The molecular formula is C24H22ClF2N5O2. The molecule has 0 radical (unpaired) electrons. The van der Waals surface area contributed by atoms with Gasteiger partial charge in [0, 0.05) is 42.6 Å². The van der Waals surface area contributed by atoms with E-state index in [2.05, 4.69) is 10.1 Å². The minimum atomic E-state index is -0.790. The summed E-state index contributed by atoms with van der Waals surface area (Å²) in [6.07, 6.45) is 6.26. The molecule has 0 bridgehead atoms. The summed E-state index contributed by atoms with van der Waals surface area (Å²) < 4.78 is 37.6. The molecule has 0 spiro atoms. The van der Waals surface area contributed by atoms with Crippen molar-refractivity contribution < 1.29 is 13.5 Å². The molecule has 10 heteroatoms. The van der Waals surface area contributed by atoms with Gasteiger partial charge in [0.2, 0.25) is 0 Å². The summed E-state index contributed by atoms with van der Waals surface area (Å²) in [5.41, 5.74) is 1.73. The molecule has 4 aromatic rings. The van der Waals surface area contributed by atoms with Gasteiger partial charge in [0.1, 0.15) is 22.4 Å². The van der Waals surface area contributed by atoms with Crippen LogP contribution >= 0.6 is 11.6 Å². The van der Waals surface area contributed by atoms with Crippen LogP contribution in [0.5, 0.6) is 0 Å². The highest BCUT2D eigenvalue weighted by atomic mass is 35.5. The largest absolute Gasteiger partial charge is 0.370 e. The summed E-state index contributed by atoms with van der Waals surface area (Å²) in [5.74, 6) is -1.58. The number of aromatic nitrogens is 5. The topological polar surface area (TPSA) is 74.3 Å². The van der Waals surface area contributed by atoms with E-state index in [1.54, 1.807) is 24.0 Å². The van der Waals surface area contributed by atoms with Gasteiger partial charge >= 0.3 is 0 Å². The van der Waals surface area contributed by atoms with Crippen molar-refractivity contribution in [2.45, 2.75) is 44.8 Å². The molecule has 4 heterocycles. The monoisotopic (exact) mass is 485 g/mol. The molecular weight excluding hydrogens is 464 g/mol. The number of benzene rings is 1. The predicted octanol–water partition coefficient (Wildman–Crippen LogP) is 4.75. The lowest BCUT2D eigenvalue weighted by atomic mass is 9.87. The van der Waals surface area contributed by atoms with E-state index in [1.807, 2.05) is 20.2 Å². The summed E-state index contributed by atoms with van der Waals surface area (Å²) in [5, 5.41) is 4.22. The van der Waals surface area contributed by atoms with Crippen molar-refractivity contribution in [2.24, 2.45) is 7.05 Å². The average Bonchev–Trinajstić information content (AvgIpc) is 3.23. The molecule has 0 N–H and O–H groups in total. The molecule has 1 unspecified atom stereocenters. The highest BCUT2D eigenvalue weighted by molar-refractivity contribution is 6.31. The van der Waals surface area contributed by atoms with Crippen LogP contribution in [0.25, 0.3) is 16.9 Å². The molecule has 3 atom stereocenters. The van der Waals surface area contributed by atoms with E-state index >= 15 is 0 Å². The van der Waals surface area contributed by atoms with Gasteiger partial charge in [-0.15, -0.1) is 0 Å². The van der Waals surface area contributed by atoms with Crippen molar-refractivity contribution in [1.29, 1.82) is 0 Å². The molecule has 34 heavy (non-hydrogen) atoms. The Hall–Kier alpha value is -3.17. The van der Waals surface area contributed by atoms with Crippen LogP contribution in [0.2, 0.25) is 5.02 Å². The maximum absolute atomic E-state index is 14.8. The fourth-order valence-corrected chi connectivity index (χ4v) is 4.65. The van der Waals surface area contributed by atoms with Crippen molar-refractivity contribution in [3.8, 4) is 11.3 Å². The minimum absolute atomic E-state index is 0.0197. The van der Waals surface area contributed by atoms with Crippen molar-refractivity contribution in [1.82, 2.24) is 24.1 Å². The average molecular weight is 486 g/mol. The Morgan fingerprint density at radius 1 is 1.18 bits per heavy atom. The van der Waals surface area contributed by atoms with Crippen LogP contribution in [0.3, 0.4) is 0 Å². The number of halogens is 3. The van der Waals surface area contributed by atoms with Gasteiger partial charge in [0.15, 0.2) is 5.65 Å². The summed E-state index contributed by atoms with van der Waals surface area (Å²) in [6, 6.07) is 3.24. The summed E-state index contributed by atoms with van der Waals surface area (Å²) in [6.45, 7) is 3.58. The van der Waals surface area contributed by atoms with E-state index in [1.165, 1.54) is 10.5 Å². The molecule has 0 saturated carbocycles. The summed E-state index contributed by atoms with van der Waals surface area (Å²) in [4.78, 5) is 22.2. The van der Waals surface area contributed by atoms with E-state index in [0.29, 0.717) is 24.2 Å². The zero-order valence-corrected chi connectivity index (χ0v) is 19.6. The van der Waals surface area contributed by atoms with Crippen LogP contribution in [0.15, 0.2) is 41.6 Å². The molecule has 1 aromatic carbocycles. The predicted molar refractivity (Wildman–Crippen MR) is 123 cm³/mol. The molecule has 1 saturated heterocycles. The van der Waals surface area contributed by atoms with E-state index in [0.717, 1.165) is 17.7 Å². The number of aryl methyl sites for hydroxylation is 2. The number of hydrogen-bond acceptors (Lipinski definition) is 5. The second-order valence-electron chi connectivity index (χ2n) is 8.70. The number of fused-ring (bicyclic) bond motifs is 1. The Morgan fingerprint density at radius 3 is 2.68 bits per heavy atom. The van der Waals surface area contributed by atoms with Crippen molar-refractivity contribution >= 4 is 17.2 Å². The van der Waals surface area contributed by atoms with Gasteiger partial charge in [-0.1, -0.05) is 11.6 Å². The third-order valence-corrected chi connectivity index (χ3v) is 6.59. The lowest BCUT2D eigenvalue weighted by Crippen LogP contribution is -2.27. The molecule has 1 aliphatic rings. The van der Waals surface area contributed by atoms with Crippen LogP contribution in [-0.4, -0.2) is 30.3 Å². The van der Waals surface area contributed by atoms with Crippen molar-refractivity contribution in [3.63, 3.8) is 0 Å². The third-order valence-electron chi connectivity index (χ3n) is 6.15. The van der Waals surface area contributed by atoms with Crippen molar-refractivity contribution in [2.75, 3.05) is 0 Å². The Morgan fingerprint density at radius 2 is 1.97 bits per heavy atom. The van der Waals surface area contributed by atoms with E-state index in [-0.39, 0.29) is 40.1 Å². The first kappa shape index (κ1) is 22.6. The highest BCUT2D eigenvalue weighted by Gasteiger charge is 2.32. The number of hydrogen-bond donors (Lipinski definition) is 0. The molecule has 0 aliphatic carbocycles. The van der Waals surface area contributed by atoms with Crippen LogP contribution in [-0.2, 0) is 11.8 Å². The lowest BCUT2D eigenvalue weighted by molar-refractivity contribution is -0.0506. The quantitative estimate of drug-likeness (QED) is 0.418. The van der Waals surface area contributed by atoms with Gasteiger partial charge in [-0.25, -0.2) is 18.7 Å². The Balaban J connectivity index is 1.69. The maximum atomic E-state index is 14.8. The van der Waals surface area contributed by atoms with Gasteiger partial charge in [0.25, 0.3) is 5.56 Å². The third kappa shape index (κ3) is 3.99. The molecule has 1 fully saturated rings. The fourth-order valence-electron chi connectivity index (χ4n) is 4.51. The van der Waals surface area contributed by atoms with Crippen LogP contribution in [0, 0.1) is 18.6 Å². The van der Waals surface area contributed by atoms with E-state index in [4.69, 9.17) is 21.3 Å². The van der Waals surface area contributed by atoms with Gasteiger partial charge in [-0.2, -0.15) is 5.10 Å². The molecule has 0 amide bonds. The standard InChI is InChI=1S/C24H22ClF2N5O2/c1-12-6-14(7-20(34-12)15-9-28-31(3)10-15)19-11-32-23(29-13(2)21(25)24(32)33)22(30-19)17-5-4-16(26)8-18(17)27/h4-5,8-12,14,20H,6-7H2,1-3H3/t12-,14?,20+/m0/s1. The first-order valence-corrected chi connectivity index (χ1v) is 11.3. The lowest BCUT2D eigenvalue weighted by Gasteiger charge is -2.33. The Bertz CT molecular complexity index is 1470. The molecule has 7 nitrogen and oxygen atoms in total. The summed E-state index contributed by atoms with van der Waals surface area (Å²) in [7, 11) is 1.84. The van der Waals surface area contributed by atoms with Gasteiger partial charge in [0.05, 0.1) is 29.8 Å². The first-order chi connectivity index (χ1) is 16.2. The maximum Gasteiger partial charge on any atom is 0.277 e. The molecule has 176 valence electrons. The molecule has 3 aromatic heterocycles. The fraction of sp³-hybridized carbons (Fsp3) is 0.333. The van der Waals surface area contributed by atoms with E-state index < -0.39 is 17.2 Å². The first-order valence-electron chi connectivity index (χ1n) is 10.9. The second kappa shape index (κ2) is 8.56. The van der Waals surface area contributed by atoms with Crippen LogP contribution in [0.1, 0.15) is 48.7 Å². The highest BCUT2D eigenvalue weighted by Crippen LogP contribution is 2.40. The zero-order valence-electron chi connectivity index (χ0n) is 18.8. The zero-order chi connectivity index (χ0) is 24.1. The number of nitrogens with zero attached hydrogens (tertiary/aromatic N) is 5.